The Morgan fingerprint density at radius 2 is 1.27 bits per heavy atom. The number of benzene rings is 1. The van der Waals surface area contributed by atoms with Crippen molar-refractivity contribution in [2.45, 2.75) is 72.6 Å². The number of primary amides is 1. The number of carbonyl (C=O) groups is 1. The SMILES string of the molecule is CCC[CH2][Sn]([CH2]CCC)[CH2]CCC.NC(=O)c1ccccc1. The molecule has 0 spiro atoms. The first-order valence-corrected chi connectivity index (χ1v) is 14.9. The molecule has 0 saturated heterocycles. The second kappa shape index (κ2) is 15.4. The molecule has 0 aliphatic carbocycles. The van der Waals surface area contributed by atoms with Crippen LogP contribution in [0.5, 0.6) is 0 Å². The summed E-state index contributed by atoms with van der Waals surface area (Å²) in [4.78, 5) is 10.4. The van der Waals surface area contributed by atoms with E-state index in [0.717, 1.165) is 0 Å². The molecule has 0 aliphatic rings. The molecular weight excluding hydrogens is 377 g/mol. The summed E-state index contributed by atoms with van der Waals surface area (Å²) in [5, 5.41) is 0. The average molecular weight is 411 g/mol. The molecule has 0 atom stereocenters. The van der Waals surface area contributed by atoms with Gasteiger partial charge in [-0.1, -0.05) is 18.2 Å². The van der Waals surface area contributed by atoms with Gasteiger partial charge in [-0.2, -0.15) is 0 Å². The van der Waals surface area contributed by atoms with E-state index in [1.807, 2.05) is 6.07 Å². The third-order valence-electron chi connectivity index (χ3n) is 3.71. The molecule has 2 N–H and O–H groups in total. The summed E-state index contributed by atoms with van der Waals surface area (Å²) in [6.07, 6.45) is 8.85. The fourth-order valence-corrected chi connectivity index (χ4v) is 11.7. The van der Waals surface area contributed by atoms with Gasteiger partial charge in [-0.05, 0) is 12.1 Å². The van der Waals surface area contributed by atoms with Crippen LogP contribution in [0.2, 0.25) is 13.3 Å². The Balaban J connectivity index is 0.000000425. The Hall–Kier alpha value is -0.511. The number of nitrogens with two attached hydrogens (primary N) is 1. The van der Waals surface area contributed by atoms with Crippen LogP contribution < -0.4 is 5.73 Å². The van der Waals surface area contributed by atoms with Gasteiger partial charge in [0.2, 0.25) is 5.91 Å². The molecule has 125 valence electrons. The molecule has 1 aromatic rings. The topological polar surface area (TPSA) is 43.1 Å². The molecule has 1 amide bonds. The van der Waals surface area contributed by atoms with Crippen LogP contribution in [0.25, 0.3) is 0 Å². The van der Waals surface area contributed by atoms with E-state index in [2.05, 4.69) is 20.8 Å². The minimum atomic E-state index is -0.839. The normalized spacial score (nSPS) is 10.2. The summed E-state index contributed by atoms with van der Waals surface area (Å²) in [6, 6.07) is 8.76. The van der Waals surface area contributed by atoms with E-state index >= 15 is 0 Å². The predicted octanol–water partition coefficient (Wildman–Crippen LogP) is 5.67. The van der Waals surface area contributed by atoms with Crippen LogP contribution in [0.3, 0.4) is 0 Å². The number of rotatable bonds is 10. The standard InChI is InChI=1S/C7H7NO.3C4H9.Sn/c8-7(9)6-4-2-1-3-5-6;3*1-3-4-2;/h1-5H,(H2,8,9);3*1,3-4H2,2H3;. The quantitative estimate of drug-likeness (QED) is 0.496. The Morgan fingerprint density at radius 1 is 0.864 bits per heavy atom. The molecule has 1 aromatic carbocycles. The van der Waals surface area contributed by atoms with Crippen molar-refractivity contribution in [1.29, 1.82) is 0 Å². The van der Waals surface area contributed by atoms with Crippen molar-refractivity contribution in [3.05, 3.63) is 35.9 Å². The molecule has 2 nitrogen and oxygen atoms in total. The maximum Gasteiger partial charge on any atom is 0.248 e. The molecule has 0 saturated carbocycles. The maximum atomic E-state index is 10.4. The van der Waals surface area contributed by atoms with Crippen molar-refractivity contribution in [2.75, 3.05) is 0 Å². The third kappa shape index (κ3) is 12.1. The van der Waals surface area contributed by atoms with Crippen LogP contribution in [0.1, 0.15) is 69.7 Å². The number of carbonyl (C=O) groups excluding carboxylic acids is 1. The van der Waals surface area contributed by atoms with Gasteiger partial charge in [0.15, 0.2) is 0 Å². The monoisotopic (exact) mass is 412 g/mol. The molecule has 3 heteroatoms. The molecule has 0 bridgehead atoms. The first-order valence-electron chi connectivity index (χ1n) is 8.84. The van der Waals surface area contributed by atoms with Crippen molar-refractivity contribution in [1.82, 2.24) is 0 Å². The van der Waals surface area contributed by atoms with Crippen molar-refractivity contribution >= 4 is 25.7 Å². The van der Waals surface area contributed by atoms with E-state index < -0.39 is 19.8 Å². The first-order chi connectivity index (χ1) is 10.7. The van der Waals surface area contributed by atoms with Crippen LogP contribution in [0.4, 0.5) is 0 Å². The molecule has 0 heterocycles. The molecule has 1 radical (unpaired) electrons. The van der Waals surface area contributed by atoms with E-state index in [0.29, 0.717) is 5.56 Å². The van der Waals surface area contributed by atoms with Gasteiger partial charge >= 0.3 is 92.4 Å². The molecule has 0 aliphatic heterocycles. The van der Waals surface area contributed by atoms with Gasteiger partial charge < -0.3 is 5.73 Å². The third-order valence-corrected chi connectivity index (χ3v) is 12.8. The van der Waals surface area contributed by atoms with Crippen LogP contribution in [-0.4, -0.2) is 25.7 Å². The Morgan fingerprint density at radius 3 is 1.55 bits per heavy atom. The second-order valence-corrected chi connectivity index (χ2v) is 14.4. The van der Waals surface area contributed by atoms with Crippen LogP contribution in [-0.2, 0) is 0 Å². The summed E-state index contributed by atoms with van der Waals surface area (Å²) >= 11 is -0.839. The van der Waals surface area contributed by atoms with Crippen molar-refractivity contribution in [3.63, 3.8) is 0 Å². The van der Waals surface area contributed by atoms with E-state index in [1.54, 1.807) is 37.6 Å². The van der Waals surface area contributed by atoms with E-state index in [4.69, 9.17) is 5.73 Å². The number of unbranched alkanes of at least 4 members (excludes halogenated alkanes) is 3. The molecule has 22 heavy (non-hydrogen) atoms. The molecule has 0 aromatic heterocycles. The van der Waals surface area contributed by atoms with Gasteiger partial charge in [0.1, 0.15) is 0 Å². The zero-order valence-corrected chi connectivity index (χ0v) is 17.6. The van der Waals surface area contributed by atoms with Crippen molar-refractivity contribution < 1.29 is 4.79 Å². The fraction of sp³-hybridized carbons (Fsp3) is 0.632. The second-order valence-electron chi connectivity index (χ2n) is 5.79. The summed E-state index contributed by atoms with van der Waals surface area (Å²) in [5.41, 5.74) is 5.53. The predicted molar refractivity (Wildman–Crippen MR) is 99.9 cm³/mol. The fourth-order valence-electron chi connectivity index (χ4n) is 2.26. The smallest absolute Gasteiger partial charge is 0.248 e. The number of amides is 1. The van der Waals surface area contributed by atoms with Crippen molar-refractivity contribution in [3.8, 4) is 0 Å². The van der Waals surface area contributed by atoms with Gasteiger partial charge in [0, 0.05) is 5.56 Å². The van der Waals surface area contributed by atoms with Gasteiger partial charge in [0.25, 0.3) is 0 Å². The Labute approximate surface area is 144 Å². The van der Waals surface area contributed by atoms with Crippen LogP contribution >= 0.6 is 0 Å². The minimum Gasteiger partial charge on any atom is -0.366 e. The van der Waals surface area contributed by atoms with Crippen LogP contribution in [0, 0.1) is 0 Å². The summed E-state index contributed by atoms with van der Waals surface area (Å²) in [7, 11) is 0. The molecule has 0 unspecified atom stereocenters. The molecular formula is C19H34NOSn. The molecule has 0 fully saturated rings. The van der Waals surface area contributed by atoms with Gasteiger partial charge in [0.05, 0.1) is 0 Å². The summed E-state index contributed by atoms with van der Waals surface area (Å²) < 4.78 is 5.04. The number of hydrogen-bond acceptors (Lipinski definition) is 1. The zero-order valence-electron chi connectivity index (χ0n) is 14.7. The van der Waals surface area contributed by atoms with E-state index in [1.165, 1.54) is 38.5 Å². The largest absolute Gasteiger partial charge is 0.366 e. The summed E-state index contributed by atoms with van der Waals surface area (Å²) in [5.74, 6) is -0.379. The van der Waals surface area contributed by atoms with Gasteiger partial charge in [-0.3, -0.25) is 4.79 Å². The first kappa shape index (κ1) is 21.5. The Bertz CT molecular complexity index is 348. The average Bonchev–Trinajstić information content (AvgIpc) is 2.55. The maximum absolute atomic E-state index is 10.4. The van der Waals surface area contributed by atoms with E-state index in [-0.39, 0.29) is 5.91 Å². The molecule has 1 rings (SSSR count). The zero-order chi connectivity index (χ0) is 16.6. The van der Waals surface area contributed by atoms with E-state index in [9.17, 15) is 4.79 Å². The minimum absolute atomic E-state index is 0.379. The Kier molecular flexibility index (Phi) is 15.0. The van der Waals surface area contributed by atoms with Crippen molar-refractivity contribution in [2.24, 2.45) is 5.73 Å². The van der Waals surface area contributed by atoms with Gasteiger partial charge in [-0.25, -0.2) is 0 Å². The summed E-state index contributed by atoms with van der Waals surface area (Å²) in [6.45, 7) is 7.00. The van der Waals surface area contributed by atoms with Crippen LogP contribution in [0.15, 0.2) is 30.3 Å². The number of hydrogen-bond donors (Lipinski definition) is 1. The van der Waals surface area contributed by atoms with Gasteiger partial charge in [-0.15, -0.1) is 0 Å².